The molecular formula is C14H16BrN3O. The number of nitriles is 1. The van der Waals surface area contributed by atoms with E-state index in [4.69, 9.17) is 5.26 Å². The Morgan fingerprint density at radius 3 is 2.63 bits per heavy atom. The molecule has 0 N–H and O–H groups in total. The number of carbonyl (C=O) groups is 1. The summed E-state index contributed by atoms with van der Waals surface area (Å²) in [6, 6.07) is 9.60. The summed E-state index contributed by atoms with van der Waals surface area (Å²) in [7, 11) is 0. The molecule has 1 atom stereocenters. The van der Waals surface area contributed by atoms with Gasteiger partial charge in [-0.2, -0.15) is 5.26 Å². The molecule has 5 heteroatoms. The molecule has 0 aliphatic carbocycles. The van der Waals surface area contributed by atoms with Crippen LogP contribution in [-0.2, 0) is 0 Å². The fourth-order valence-electron chi connectivity index (χ4n) is 2.20. The molecule has 1 fully saturated rings. The van der Waals surface area contributed by atoms with Crippen LogP contribution >= 0.6 is 15.9 Å². The van der Waals surface area contributed by atoms with Crippen molar-refractivity contribution in [2.24, 2.45) is 0 Å². The predicted octanol–water partition coefficient (Wildman–Crippen LogP) is 2.12. The molecule has 19 heavy (non-hydrogen) atoms. The van der Waals surface area contributed by atoms with Crippen molar-refractivity contribution in [2.75, 3.05) is 26.2 Å². The van der Waals surface area contributed by atoms with Gasteiger partial charge in [0.1, 0.15) is 0 Å². The molecule has 1 aliphatic heterocycles. The second kappa shape index (κ2) is 6.18. The summed E-state index contributed by atoms with van der Waals surface area (Å²) in [6.07, 6.45) is 0. The summed E-state index contributed by atoms with van der Waals surface area (Å²) in [5.41, 5.74) is 0.705. The molecule has 0 bridgehead atoms. The molecule has 0 spiro atoms. The Bertz CT molecular complexity index is 504. The van der Waals surface area contributed by atoms with Crippen LogP contribution in [0.25, 0.3) is 0 Å². The topological polar surface area (TPSA) is 47.3 Å². The number of hydrogen-bond acceptors (Lipinski definition) is 3. The van der Waals surface area contributed by atoms with Gasteiger partial charge in [0.2, 0.25) is 0 Å². The second-order valence-electron chi connectivity index (χ2n) is 4.64. The van der Waals surface area contributed by atoms with E-state index in [-0.39, 0.29) is 11.9 Å². The number of carbonyl (C=O) groups excluding carboxylic acids is 1. The number of rotatable bonds is 2. The molecule has 0 radical (unpaired) electrons. The summed E-state index contributed by atoms with van der Waals surface area (Å²) >= 11 is 3.38. The third kappa shape index (κ3) is 3.34. The van der Waals surface area contributed by atoms with E-state index in [1.807, 2.05) is 36.1 Å². The van der Waals surface area contributed by atoms with Gasteiger partial charge in [-0.25, -0.2) is 0 Å². The quantitative estimate of drug-likeness (QED) is 0.838. The Morgan fingerprint density at radius 1 is 1.37 bits per heavy atom. The third-order valence-electron chi connectivity index (χ3n) is 3.41. The first-order valence-electron chi connectivity index (χ1n) is 6.30. The second-order valence-corrected chi connectivity index (χ2v) is 5.56. The van der Waals surface area contributed by atoms with Gasteiger partial charge in [0, 0.05) is 36.2 Å². The Hall–Kier alpha value is -1.38. The van der Waals surface area contributed by atoms with E-state index in [1.165, 1.54) is 0 Å². The Morgan fingerprint density at radius 2 is 2.05 bits per heavy atom. The molecule has 0 saturated carbocycles. The zero-order valence-corrected chi connectivity index (χ0v) is 12.4. The van der Waals surface area contributed by atoms with E-state index in [1.54, 1.807) is 0 Å². The zero-order chi connectivity index (χ0) is 13.8. The lowest BCUT2D eigenvalue weighted by Gasteiger charge is -2.35. The first-order chi connectivity index (χ1) is 9.11. The van der Waals surface area contributed by atoms with Crippen molar-refractivity contribution in [1.29, 1.82) is 5.26 Å². The van der Waals surface area contributed by atoms with Crippen LogP contribution in [0.2, 0.25) is 0 Å². The summed E-state index contributed by atoms with van der Waals surface area (Å²) in [5, 5.41) is 8.89. The maximum atomic E-state index is 12.3. The highest BCUT2D eigenvalue weighted by Gasteiger charge is 2.24. The van der Waals surface area contributed by atoms with Gasteiger partial charge in [-0.3, -0.25) is 9.69 Å². The van der Waals surface area contributed by atoms with Gasteiger partial charge >= 0.3 is 0 Å². The molecule has 1 unspecified atom stereocenters. The van der Waals surface area contributed by atoms with Crippen molar-refractivity contribution < 1.29 is 4.79 Å². The number of piperazine rings is 1. The fourth-order valence-corrected chi connectivity index (χ4v) is 2.60. The number of hydrogen-bond donors (Lipinski definition) is 0. The van der Waals surface area contributed by atoms with E-state index < -0.39 is 0 Å². The van der Waals surface area contributed by atoms with Gasteiger partial charge in [-0.1, -0.05) is 22.0 Å². The lowest BCUT2D eigenvalue weighted by atomic mass is 10.1. The van der Waals surface area contributed by atoms with Crippen LogP contribution in [0.3, 0.4) is 0 Å². The van der Waals surface area contributed by atoms with E-state index in [0.29, 0.717) is 18.7 Å². The van der Waals surface area contributed by atoms with Crippen molar-refractivity contribution in [1.82, 2.24) is 9.80 Å². The molecule has 1 aromatic rings. The van der Waals surface area contributed by atoms with Crippen molar-refractivity contribution in [3.63, 3.8) is 0 Å². The van der Waals surface area contributed by atoms with Crippen LogP contribution in [-0.4, -0.2) is 47.9 Å². The van der Waals surface area contributed by atoms with Crippen LogP contribution < -0.4 is 0 Å². The van der Waals surface area contributed by atoms with E-state index in [0.717, 1.165) is 17.6 Å². The van der Waals surface area contributed by atoms with Gasteiger partial charge in [-0.05, 0) is 25.1 Å². The predicted molar refractivity (Wildman–Crippen MR) is 76.7 cm³/mol. The van der Waals surface area contributed by atoms with Gasteiger partial charge in [0.15, 0.2) is 0 Å². The van der Waals surface area contributed by atoms with Crippen molar-refractivity contribution in [3.8, 4) is 6.07 Å². The number of amides is 1. The number of benzene rings is 1. The molecule has 4 nitrogen and oxygen atoms in total. The van der Waals surface area contributed by atoms with Gasteiger partial charge in [0.05, 0.1) is 12.1 Å². The Kier molecular flexibility index (Phi) is 4.56. The lowest BCUT2D eigenvalue weighted by Crippen LogP contribution is -2.51. The Balaban J connectivity index is 1.98. The minimum absolute atomic E-state index is 0.0607. The molecule has 1 heterocycles. The zero-order valence-electron chi connectivity index (χ0n) is 10.8. The first-order valence-corrected chi connectivity index (χ1v) is 7.09. The van der Waals surface area contributed by atoms with E-state index >= 15 is 0 Å². The lowest BCUT2D eigenvalue weighted by molar-refractivity contribution is 0.0615. The maximum Gasteiger partial charge on any atom is 0.253 e. The minimum atomic E-state index is -0.0804. The smallest absolute Gasteiger partial charge is 0.253 e. The van der Waals surface area contributed by atoms with Crippen LogP contribution in [0.1, 0.15) is 17.3 Å². The highest BCUT2D eigenvalue weighted by Crippen LogP contribution is 2.15. The number of halogens is 1. The fraction of sp³-hybridized carbons (Fsp3) is 0.429. The standard InChI is InChI=1S/C14H16BrN3O/c1-11(10-16)17-5-7-18(8-6-17)14(19)12-3-2-4-13(15)9-12/h2-4,9,11H,5-8H2,1H3. The third-order valence-corrected chi connectivity index (χ3v) is 3.90. The molecule has 1 aromatic carbocycles. The van der Waals surface area contributed by atoms with Crippen molar-refractivity contribution >= 4 is 21.8 Å². The monoisotopic (exact) mass is 321 g/mol. The van der Waals surface area contributed by atoms with Gasteiger partial charge in [0.25, 0.3) is 5.91 Å². The number of nitrogens with zero attached hydrogens (tertiary/aromatic N) is 3. The van der Waals surface area contributed by atoms with Crippen LogP contribution in [0.15, 0.2) is 28.7 Å². The molecule has 100 valence electrons. The van der Waals surface area contributed by atoms with E-state index in [2.05, 4.69) is 26.9 Å². The molecule has 0 aromatic heterocycles. The van der Waals surface area contributed by atoms with E-state index in [9.17, 15) is 4.79 Å². The summed E-state index contributed by atoms with van der Waals surface area (Å²) in [6.45, 7) is 4.77. The summed E-state index contributed by atoms with van der Waals surface area (Å²) < 4.78 is 0.912. The molecule has 1 amide bonds. The van der Waals surface area contributed by atoms with Gasteiger partial charge < -0.3 is 4.90 Å². The van der Waals surface area contributed by atoms with Crippen molar-refractivity contribution in [2.45, 2.75) is 13.0 Å². The summed E-state index contributed by atoms with van der Waals surface area (Å²) in [4.78, 5) is 16.3. The highest BCUT2D eigenvalue weighted by molar-refractivity contribution is 9.10. The van der Waals surface area contributed by atoms with Gasteiger partial charge in [-0.15, -0.1) is 0 Å². The average molecular weight is 322 g/mol. The largest absolute Gasteiger partial charge is 0.336 e. The minimum Gasteiger partial charge on any atom is -0.336 e. The normalized spacial score (nSPS) is 17.8. The average Bonchev–Trinajstić information content (AvgIpc) is 2.46. The maximum absolute atomic E-state index is 12.3. The van der Waals surface area contributed by atoms with Crippen molar-refractivity contribution in [3.05, 3.63) is 34.3 Å². The molecular weight excluding hydrogens is 306 g/mol. The molecule has 1 saturated heterocycles. The first kappa shape index (κ1) is 14.0. The molecule has 2 rings (SSSR count). The Labute approximate surface area is 121 Å². The van der Waals surface area contributed by atoms with Crippen LogP contribution in [0.5, 0.6) is 0 Å². The summed E-state index contributed by atoms with van der Waals surface area (Å²) in [5.74, 6) is 0.0607. The molecule has 1 aliphatic rings. The van der Waals surface area contributed by atoms with Crippen LogP contribution in [0.4, 0.5) is 0 Å². The van der Waals surface area contributed by atoms with Crippen LogP contribution in [0, 0.1) is 11.3 Å². The SMILES string of the molecule is CC(C#N)N1CCN(C(=O)c2cccc(Br)c2)CC1. The highest BCUT2D eigenvalue weighted by atomic mass is 79.9.